The summed E-state index contributed by atoms with van der Waals surface area (Å²) in [4.78, 5) is 31.2. The van der Waals surface area contributed by atoms with E-state index in [2.05, 4.69) is 25.1 Å². The number of hydrogen-bond acceptors (Lipinski definition) is 8. The van der Waals surface area contributed by atoms with Gasteiger partial charge in [0.15, 0.2) is 5.82 Å². The van der Waals surface area contributed by atoms with E-state index in [1.165, 1.54) is 6.33 Å². The molecule has 9 nitrogen and oxygen atoms in total. The first kappa shape index (κ1) is 19.1. The summed E-state index contributed by atoms with van der Waals surface area (Å²) in [6, 6.07) is 5.35. The van der Waals surface area contributed by atoms with Gasteiger partial charge in [-0.15, -0.1) is 0 Å². The monoisotopic (exact) mass is 394 g/mol. The zero-order valence-corrected chi connectivity index (χ0v) is 16.2. The summed E-state index contributed by atoms with van der Waals surface area (Å²) in [6.45, 7) is 1.75. The molecule has 150 valence electrons. The highest BCUT2D eigenvalue weighted by Gasteiger charge is 2.41. The fourth-order valence-electron chi connectivity index (χ4n) is 3.65. The molecule has 0 unspecified atom stereocenters. The van der Waals surface area contributed by atoms with E-state index in [1.807, 2.05) is 17.0 Å². The van der Waals surface area contributed by atoms with Crippen LogP contribution in [0.4, 0.5) is 0 Å². The van der Waals surface area contributed by atoms with E-state index in [4.69, 9.17) is 9.26 Å². The van der Waals surface area contributed by atoms with Crippen LogP contribution >= 0.6 is 0 Å². The van der Waals surface area contributed by atoms with Gasteiger partial charge >= 0.3 is 0 Å². The predicted molar refractivity (Wildman–Crippen MR) is 103 cm³/mol. The first-order valence-corrected chi connectivity index (χ1v) is 9.51. The Labute approximate surface area is 168 Å². The summed E-state index contributed by atoms with van der Waals surface area (Å²) in [5, 5.41) is 4.28. The van der Waals surface area contributed by atoms with Crippen molar-refractivity contribution < 1.29 is 14.1 Å². The van der Waals surface area contributed by atoms with Crippen LogP contribution in [0.3, 0.4) is 0 Å². The van der Waals surface area contributed by atoms with Crippen molar-refractivity contribution in [1.82, 2.24) is 30.0 Å². The molecule has 1 aliphatic heterocycles. The van der Waals surface area contributed by atoms with Gasteiger partial charge in [0.1, 0.15) is 12.0 Å². The molecule has 1 amide bonds. The third-order valence-electron chi connectivity index (χ3n) is 5.40. The van der Waals surface area contributed by atoms with Crippen molar-refractivity contribution >= 4 is 5.91 Å². The lowest BCUT2D eigenvalue weighted by Gasteiger charge is -2.39. The van der Waals surface area contributed by atoms with Gasteiger partial charge in [-0.1, -0.05) is 5.16 Å². The van der Waals surface area contributed by atoms with Crippen LogP contribution in [0.15, 0.2) is 47.6 Å². The highest BCUT2D eigenvalue weighted by molar-refractivity contribution is 5.92. The summed E-state index contributed by atoms with van der Waals surface area (Å²) in [7, 11) is 1.68. The van der Waals surface area contributed by atoms with Crippen molar-refractivity contribution in [2.45, 2.75) is 24.7 Å². The van der Waals surface area contributed by atoms with Gasteiger partial charge in [0, 0.05) is 50.8 Å². The predicted octanol–water partition coefficient (Wildman–Crippen LogP) is 2.13. The molecule has 0 saturated carbocycles. The third kappa shape index (κ3) is 4.00. The Balaban J connectivity index is 1.53. The zero-order valence-electron chi connectivity index (χ0n) is 16.2. The normalized spacial score (nSPS) is 16.0. The lowest BCUT2D eigenvalue weighted by molar-refractivity contribution is 0.0610. The van der Waals surface area contributed by atoms with Crippen molar-refractivity contribution in [3.8, 4) is 11.5 Å². The van der Waals surface area contributed by atoms with E-state index >= 15 is 0 Å². The number of amides is 1. The number of hydrogen-bond donors (Lipinski definition) is 0. The van der Waals surface area contributed by atoms with Crippen molar-refractivity contribution in [2.75, 3.05) is 26.8 Å². The SMILES string of the molecule is COCCC1(c2noc(-c3cccnc3)n2)CCN(C(=O)c2ccncn2)CC1. The highest BCUT2D eigenvalue weighted by Crippen LogP contribution is 2.38. The summed E-state index contributed by atoms with van der Waals surface area (Å²) in [6.07, 6.45) is 8.56. The third-order valence-corrected chi connectivity index (χ3v) is 5.40. The number of methoxy groups -OCH3 is 1. The Morgan fingerprint density at radius 3 is 2.79 bits per heavy atom. The maximum absolute atomic E-state index is 12.7. The molecule has 0 spiro atoms. The Morgan fingerprint density at radius 1 is 1.24 bits per heavy atom. The van der Waals surface area contributed by atoms with Gasteiger partial charge in [-0.2, -0.15) is 4.98 Å². The van der Waals surface area contributed by atoms with Gasteiger partial charge in [0.2, 0.25) is 0 Å². The number of nitrogens with zero attached hydrogens (tertiary/aromatic N) is 6. The molecule has 4 rings (SSSR count). The second-order valence-corrected chi connectivity index (χ2v) is 7.07. The maximum Gasteiger partial charge on any atom is 0.272 e. The molecular formula is C20H22N6O3. The smallest absolute Gasteiger partial charge is 0.272 e. The molecule has 1 fully saturated rings. The van der Waals surface area contributed by atoms with E-state index < -0.39 is 0 Å². The minimum atomic E-state index is -0.303. The topological polar surface area (TPSA) is 107 Å². The number of likely N-dealkylation sites (tertiary alicyclic amines) is 1. The summed E-state index contributed by atoms with van der Waals surface area (Å²) in [5.41, 5.74) is 0.884. The molecule has 0 atom stereocenters. The number of aromatic nitrogens is 5. The minimum absolute atomic E-state index is 0.0862. The van der Waals surface area contributed by atoms with Crippen LogP contribution in [0.5, 0.6) is 0 Å². The fourth-order valence-corrected chi connectivity index (χ4v) is 3.65. The van der Waals surface area contributed by atoms with Gasteiger partial charge < -0.3 is 14.2 Å². The van der Waals surface area contributed by atoms with Crippen LogP contribution in [0.25, 0.3) is 11.5 Å². The second kappa shape index (κ2) is 8.44. The number of carbonyl (C=O) groups excluding carboxylic acids is 1. The molecule has 29 heavy (non-hydrogen) atoms. The average Bonchev–Trinajstić information content (AvgIpc) is 3.30. The Bertz CT molecular complexity index is 939. The van der Waals surface area contributed by atoms with Crippen molar-refractivity contribution in [2.24, 2.45) is 0 Å². The van der Waals surface area contributed by atoms with Gasteiger partial charge in [0.05, 0.1) is 5.56 Å². The molecule has 3 aromatic rings. The number of piperidine rings is 1. The molecule has 3 aromatic heterocycles. The molecular weight excluding hydrogens is 372 g/mol. The number of ether oxygens (including phenoxy) is 1. The minimum Gasteiger partial charge on any atom is -0.385 e. The summed E-state index contributed by atoms with van der Waals surface area (Å²) in [5.74, 6) is 1.02. The molecule has 0 N–H and O–H groups in total. The Hall–Kier alpha value is -3.20. The van der Waals surface area contributed by atoms with Crippen molar-refractivity contribution in [1.29, 1.82) is 0 Å². The first-order chi connectivity index (χ1) is 14.2. The van der Waals surface area contributed by atoms with E-state index in [-0.39, 0.29) is 11.3 Å². The van der Waals surface area contributed by atoms with Crippen LogP contribution in [0.1, 0.15) is 35.6 Å². The zero-order chi connectivity index (χ0) is 20.1. The van der Waals surface area contributed by atoms with Gasteiger partial charge in [-0.05, 0) is 37.5 Å². The van der Waals surface area contributed by atoms with Crippen molar-refractivity contribution in [3.05, 3.63) is 54.6 Å². The molecule has 0 radical (unpaired) electrons. The molecule has 1 aliphatic rings. The Kier molecular flexibility index (Phi) is 5.57. The van der Waals surface area contributed by atoms with E-state index in [0.29, 0.717) is 37.1 Å². The van der Waals surface area contributed by atoms with E-state index in [1.54, 1.807) is 31.8 Å². The fraction of sp³-hybridized carbons (Fsp3) is 0.400. The summed E-state index contributed by atoms with van der Waals surface area (Å²) < 4.78 is 10.8. The quantitative estimate of drug-likeness (QED) is 0.626. The molecule has 0 aliphatic carbocycles. The molecule has 0 bridgehead atoms. The first-order valence-electron chi connectivity index (χ1n) is 9.51. The van der Waals surface area contributed by atoms with E-state index in [0.717, 1.165) is 24.8 Å². The standard InChI is InChI=1S/C20H22N6O3/c1-28-12-7-20(19-24-17(29-25-19)15-3-2-8-21-13-15)5-10-26(11-6-20)18(27)16-4-9-22-14-23-16/h2-4,8-9,13-14H,5-7,10-12H2,1H3. The number of pyridine rings is 1. The van der Waals surface area contributed by atoms with Crippen LogP contribution in [-0.4, -0.2) is 62.7 Å². The maximum atomic E-state index is 12.7. The number of carbonyl (C=O) groups is 1. The van der Waals surface area contributed by atoms with Crippen LogP contribution in [0.2, 0.25) is 0 Å². The lowest BCUT2D eigenvalue weighted by Crippen LogP contribution is -2.46. The van der Waals surface area contributed by atoms with Crippen LogP contribution < -0.4 is 0 Å². The molecule has 4 heterocycles. The second-order valence-electron chi connectivity index (χ2n) is 7.07. The largest absolute Gasteiger partial charge is 0.385 e. The van der Waals surface area contributed by atoms with Gasteiger partial charge in [0.25, 0.3) is 11.8 Å². The van der Waals surface area contributed by atoms with Crippen molar-refractivity contribution in [3.63, 3.8) is 0 Å². The van der Waals surface area contributed by atoms with Crippen LogP contribution in [-0.2, 0) is 10.2 Å². The van der Waals surface area contributed by atoms with Gasteiger partial charge in [-0.3, -0.25) is 9.78 Å². The molecule has 0 aromatic carbocycles. The lowest BCUT2D eigenvalue weighted by atomic mass is 9.75. The average molecular weight is 394 g/mol. The Morgan fingerprint density at radius 2 is 2.10 bits per heavy atom. The van der Waals surface area contributed by atoms with Crippen LogP contribution in [0, 0.1) is 0 Å². The summed E-state index contributed by atoms with van der Waals surface area (Å²) >= 11 is 0. The highest BCUT2D eigenvalue weighted by atomic mass is 16.5. The van der Waals surface area contributed by atoms with E-state index in [9.17, 15) is 4.79 Å². The molecule has 1 saturated heterocycles. The van der Waals surface area contributed by atoms with Gasteiger partial charge in [-0.25, -0.2) is 9.97 Å². The number of rotatable bonds is 6. The molecule has 9 heteroatoms.